The molecule has 0 aromatic carbocycles. The molecule has 0 amide bonds. The van der Waals surface area contributed by atoms with E-state index in [9.17, 15) is 4.79 Å². The maximum atomic E-state index is 11.0. The van der Waals surface area contributed by atoms with Crippen molar-refractivity contribution in [2.24, 2.45) is 0 Å². The number of aromatic nitrogens is 1. The molecule has 0 radical (unpaired) electrons. The van der Waals surface area contributed by atoms with E-state index in [-0.39, 0.29) is 12.4 Å². The lowest BCUT2D eigenvalue weighted by Crippen LogP contribution is -2.02. The van der Waals surface area contributed by atoms with Crippen molar-refractivity contribution in [3.05, 3.63) is 23.4 Å². The molecule has 0 spiro atoms. The Morgan fingerprint density at radius 3 is 2.85 bits per heavy atom. The first-order valence-corrected chi connectivity index (χ1v) is 3.97. The molecule has 4 nitrogen and oxygen atoms in total. The molecule has 0 unspecified atom stereocenters. The van der Waals surface area contributed by atoms with Gasteiger partial charge in [0.25, 0.3) is 0 Å². The third-order valence-corrected chi connectivity index (χ3v) is 1.78. The second kappa shape index (κ2) is 4.00. The van der Waals surface area contributed by atoms with Crippen LogP contribution in [0.4, 0.5) is 5.82 Å². The summed E-state index contributed by atoms with van der Waals surface area (Å²) in [5.74, 6) is 0.553. The van der Waals surface area contributed by atoms with Gasteiger partial charge in [0.15, 0.2) is 5.78 Å². The average molecular weight is 180 g/mol. The molecule has 1 rings (SSSR count). The molecule has 0 atom stereocenters. The number of pyridine rings is 1. The highest BCUT2D eigenvalue weighted by Crippen LogP contribution is 2.13. The van der Waals surface area contributed by atoms with Crippen molar-refractivity contribution in [2.45, 2.75) is 13.5 Å². The molecule has 0 fully saturated rings. The summed E-state index contributed by atoms with van der Waals surface area (Å²) >= 11 is 0. The van der Waals surface area contributed by atoms with Crippen LogP contribution in [0.5, 0.6) is 0 Å². The first-order valence-electron chi connectivity index (χ1n) is 3.97. The van der Waals surface area contributed by atoms with Gasteiger partial charge < -0.3 is 10.4 Å². The summed E-state index contributed by atoms with van der Waals surface area (Å²) in [4.78, 5) is 15.0. The molecule has 4 heteroatoms. The molecule has 1 aromatic rings. The number of carbonyl (C=O) groups excluding carboxylic acids is 1. The van der Waals surface area contributed by atoms with Crippen LogP contribution in [-0.2, 0) is 6.61 Å². The highest BCUT2D eigenvalue weighted by atomic mass is 16.3. The van der Waals surface area contributed by atoms with Gasteiger partial charge in [-0.3, -0.25) is 4.79 Å². The number of rotatable bonds is 3. The summed E-state index contributed by atoms with van der Waals surface area (Å²) < 4.78 is 0. The van der Waals surface area contributed by atoms with E-state index in [1.165, 1.54) is 13.1 Å². The van der Waals surface area contributed by atoms with Crippen LogP contribution >= 0.6 is 0 Å². The monoisotopic (exact) mass is 180 g/mol. The zero-order chi connectivity index (χ0) is 9.84. The molecule has 0 aliphatic carbocycles. The number of nitrogens with one attached hydrogen (secondary N) is 1. The second-order valence-corrected chi connectivity index (χ2v) is 2.70. The predicted molar refractivity (Wildman–Crippen MR) is 49.7 cm³/mol. The standard InChI is InChI=1S/C9H12N2O2/c1-6(13)7-3-8(5-12)9(10-2)11-4-7/h3-4,12H,5H2,1-2H3,(H,10,11). The minimum Gasteiger partial charge on any atom is -0.392 e. The molecular weight excluding hydrogens is 168 g/mol. The molecule has 0 aliphatic rings. The fourth-order valence-corrected chi connectivity index (χ4v) is 1.05. The van der Waals surface area contributed by atoms with Crippen LogP contribution in [0.25, 0.3) is 0 Å². The summed E-state index contributed by atoms with van der Waals surface area (Å²) in [7, 11) is 1.72. The Hall–Kier alpha value is -1.42. The van der Waals surface area contributed by atoms with E-state index in [2.05, 4.69) is 10.3 Å². The third kappa shape index (κ3) is 2.03. The topological polar surface area (TPSA) is 62.2 Å². The maximum absolute atomic E-state index is 11.0. The summed E-state index contributed by atoms with van der Waals surface area (Å²) in [6.45, 7) is 1.35. The summed E-state index contributed by atoms with van der Waals surface area (Å²) in [5, 5.41) is 11.8. The highest BCUT2D eigenvalue weighted by molar-refractivity contribution is 5.94. The van der Waals surface area contributed by atoms with Gasteiger partial charge in [0, 0.05) is 24.4 Å². The van der Waals surface area contributed by atoms with Crippen molar-refractivity contribution >= 4 is 11.6 Å². The van der Waals surface area contributed by atoms with Crippen LogP contribution in [0.3, 0.4) is 0 Å². The third-order valence-electron chi connectivity index (χ3n) is 1.78. The van der Waals surface area contributed by atoms with Gasteiger partial charge in [0.05, 0.1) is 6.61 Å². The molecule has 13 heavy (non-hydrogen) atoms. The lowest BCUT2D eigenvalue weighted by molar-refractivity contribution is 0.101. The molecule has 0 aliphatic heterocycles. The Bertz CT molecular complexity index is 323. The van der Waals surface area contributed by atoms with E-state index in [0.29, 0.717) is 16.9 Å². The predicted octanol–water partition coefficient (Wildman–Crippen LogP) is 0.818. The number of anilines is 1. The summed E-state index contributed by atoms with van der Waals surface area (Å²) in [6.07, 6.45) is 1.49. The number of nitrogens with zero attached hydrogens (tertiary/aromatic N) is 1. The summed E-state index contributed by atoms with van der Waals surface area (Å²) in [5.41, 5.74) is 1.15. The Labute approximate surface area is 76.6 Å². The van der Waals surface area contributed by atoms with Gasteiger partial charge in [-0.2, -0.15) is 0 Å². The largest absolute Gasteiger partial charge is 0.392 e. The van der Waals surface area contributed by atoms with Crippen LogP contribution < -0.4 is 5.32 Å². The minimum atomic E-state index is -0.121. The smallest absolute Gasteiger partial charge is 0.161 e. The zero-order valence-corrected chi connectivity index (χ0v) is 7.66. The quantitative estimate of drug-likeness (QED) is 0.676. The number of aliphatic hydroxyl groups excluding tert-OH is 1. The molecule has 1 aromatic heterocycles. The van der Waals surface area contributed by atoms with E-state index < -0.39 is 0 Å². The Morgan fingerprint density at radius 2 is 2.38 bits per heavy atom. The number of carbonyl (C=O) groups is 1. The minimum absolute atomic E-state index is 0.0511. The zero-order valence-electron chi connectivity index (χ0n) is 7.66. The Balaban J connectivity index is 3.13. The number of aliphatic hydroxyl groups is 1. The molecule has 1 heterocycles. The van der Waals surface area contributed by atoms with Crippen molar-refractivity contribution in [1.82, 2.24) is 4.98 Å². The Kier molecular flexibility index (Phi) is 2.97. The van der Waals surface area contributed by atoms with Gasteiger partial charge in [0.2, 0.25) is 0 Å². The van der Waals surface area contributed by atoms with Gasteiger partial charge in [-0.1, -0.05) is 0 Å². The summed E-state index contributed by atoms with van der Waals surface area (Å²) in [6, 6.07) is 1.64. The number of hydrogen-bond acceptors (Lipinski definition) is 4. The van der Waals surface area contributed by atoms with Crippen LogP contribution in [0, 0.1) is 0 Å². The number of ketones is 1. The second-order valence-electron chi connectivity index (χ2n) is 2.70. The SMILES string of the molecule is CNc1ncc(C(C)=O)cc1CO. The van der Waals surface area contributed by atoms with E-state index in [1.807, 2.05) is 0 Å². The number of hydrogen-bond donors (Lipinski definition) is 2. The normalized spacial score (nSPS) is 9.77. The van der Waals surface area contributed by atoms with Crippen LogP contribution in [0.15, 0.2) is 12.3 Å². The molecule has 0 bridgehead atoms. The number of Topliss-reactive ketones (excluding diaryl/α,β-unsaturated/α-hetero) is 1. The lowest BCUT2D eigenvalue weighted by atomic mass is 10.1. The van der Waals surface area contributed by atoms with Gasteiger partial charge in [-0.15, -0.1) is 0 Å². The molecule has 0 saturated heterocycles. The van der Waals surface area contributed by atoms with Crippen molar-refractivity contribution in [3.63, 3.8) is 0 Å². The molecule has 70 valence electrons. The van der Waals surface area contributed by atoms with Crippen molar-refractivity contribution in [1.29, 1.82) is 0 Å². The van der Waals surface area contributed by atoms with Crippen LogP contribution in [0.1, 0.15) is 22.8 Å². The van der Waals surface area contributed by atoms with Gasteiger partial charge in [0.1, 0.15) is 5.82 Å². The fourth-order valence-electron chi connectivity index (χ4n) is 1.05. The van der Waals surface area contributed by atoms with Crippen molar-refractivity contribution in [3.8, 4) is 0 Å². The lowest BCUT2D eigenvalue weighted by Gasteiger charge is -2.06. The first kappa shape index (κ1) is 9.67. The maximum Gasteiger partial charge on any atom is 0.161 e. The fraction of sp³-hybridized carbons (Fsp3) is 0.333. The molecule has 0 saturated carbocycles. The molecular formula is C9H12N2O2. The van der Waals surface area contributed by atoms with Gasteiger partial charge in [-0.05, 0) is 13.0 Å². The van der Waals surface area contributed by atoms with E-state index in [1.54, 1.807) is 13.1 Å². The highest BCUT2D eigenvalue weighted by Gasteiger charge is 2.05. The van der Waals surface area contributed by atoms with Crippen molar-refractivity contribution < 1.29 is 9.90 Å². The molecule has 2 N–H and O–H groups in total. The van der Waals surface area contributed by atoms with E-state index in [4.69, 9.17) is 5.11 Å². The van der Waals surface area contributed by atoms with Crippen molar-refractivity contribution in [2.75, 3.05) is 12.4 Å². The first-order chi connectivity index (χ1) is 6.19. The van der Waals surface area contributed by atoms with E-state index >= 15 is 0 Å². The van der Waals surface area contributed by atoms with Gasteiger partial charge >= 0.3 is 0 Å². The van der Waals surface area contributed by atoms with Crippen LogP contribution in [-0.4, -0.2) is 22.9 Å². The Morgan fingerprint density at radius 1 is 1.69 bits per heavy atom. The van der Waals surface area contributed by atoms with Crippen LogP contribution in [0.2, 0.25) is 0 Å². The van der Waals surface area contributed by atoms with Gasteiger partial charge in [-0.25, -0.2) is 4.98 Å². The average Bonchev–Trinajstić information content (AvgIpc) is 2.16. The van der Waals surface area contributed by atoms with E-state index in [0.717, 1.165) is 0 Å².